The Balaban J connectivity index is 1.39. The van der Waals surface area contributed by atoms with Crippen molar-refractivity contribution in [1.29, 1.82) is 0 Å². The van der Waals surface area contributed by atoms with Crippen LogP contribution in [0.4, 0.5) is 0 Å². The Morgan fingerprint density at radius 2 is 1.69 bits per heavy atom. The molecular formula is C26H30O10. The van der Waals surface area contributed by atoms with Gasteiger partial charge in [0.25, 0.3) is 0 Å². The number of aliphatic hydroxyl groups excluding tert-OH is 1. The summed E-state index contributed by atoms with van der Waals surface area (Å²) >= 11 is 0. The molecule has 10 heteroatoms. The van der Waals surface area contributed by atoms with Crippen molar-refractivity contribution in [3.8, 4) is 0 Å². The molecule has 194 valence electrons. The van der Waals surface area contributed by atoms with Gasteiger partial charge in [-0.3, -0.25) is 9.59 Å². The summed E-state index contributed by atoms with van der Waals surface area (Å²) in [4.78, 5) is 52.3. The monoisotopic (exact) mass is 502 g/mol. The van der Waals surface area contributed by atoms with Gasteiger partial charge in [-0.2, -0.15) is 0 Å². The van der Waals surface area contributed by atoms with Crippen LogP contribution in [0.3, 0.4) is 0 Å². The van der Waals surface area contributed by atoms with Gasteiger partial charge in [0.1, 0.15) is 24.1 Å². The molecule has 7 rings (SSSR count). The van der Waals surface area contributed by atoms with Crippen molar-refractivity contribution in [1.82, 2.24) is 0 Å². The Labute approximate surface area is 207 Å². The fourth-order valence-corrected chi connectivity index (χ4v) is 9.51. The topological polar surface area (TPSA) is 138 Å². The lowest BCUT2D eigenvalue weighted by atomic mass is 9.37. The molecule has 6 fully saturated rings. The number of carbonyl (C=O) groups is 4. The Morgan fingerprint density at radius 3 is 2.39 bits per heavy atom. The molecule has 0 radical (unpaired) electrons. The molecule has 7 aliphatic rings. The van der Waals surface area contributed by atoms with E-state index in [1.54, 1.807) is 0 Å². The van der Waals surface area contributed by atoms with Crippen LogP contribution in [-0.2, 0) is 42.9 Å². The largest absolute Gasteiger partial charge is 0.465 e. The van der Waals surface area contributed by atoms with Gasteiger partial charge in [-0.1, -0.05) is 6.92 Å². The molecule has 5 aliphatic heterocycles. The maximum atomic E-state index is 14.3. The molecule has 4 saturated heterocycles. The molecule has 2 spiro atoms. The number of fused-ring (bicyclic) bond motifs is 1. The highest BCUT2D eigenvalue weighted by molar-refractivity contribution is 5.96. The molecule has 0 bridgehead atoms. The third kappa shape index (κ3) is 2.23. The number of hydrogen-bond acceptors (Lipinski definition) is 10. The number of hydrogen-bond donors (Lipinski definition) is 1. The van der Waals surface area contributed by atoms with Crippen LogP contribution >= 0.6 is 0 Å². The molecule has 0 aromatic carbocycles. The standard InChI is InChI=1S/C26H30O10/c1-22(2)13-8-14(27)24(4)12(25(13)10-32-16(28)9-15(25)35-22)5-6-23(3)18(11-7-17(29)33-20(11)30)34-21(31)19-26(23,24)36-19/h7,12-13,15,17-19,29H,5-6,8-10H2,1-4H3/t12-,13-,15-,17?,18-,19+,23-,24-,25-,26-/m0/s1. The summed E-state index contributed by atoms with van der Waals surface area (Å²) in [6.45, 7) is 7.88. The van der Waals surface area contributed by atoms with E-state index < -0.39 is 64.0 Å². The molecule has 1 N–H and O–H groups in total. The fraction of sp³-hybridized carbons (Fsp3) is 0.769. The van der Waals surface area contributed by atoms with Crippen molar-refractivity contribution in [3.63, 3.8) is 0 Å². The molecule has 5 heterocycles. The van der Waals surface area contributed by atoms with Crippen LogP contribution in [0, 0.1) is 28.1 Å². The number of Topliss-reactive ketones (excluding diaryl/α,β-unsaturated/α-hetero) is 1. The minimum Gasteiger partial charge on any atom is -0.465 e. The zero-order chi connectivity index (χ0) is 25.6. The predicted molar refractivity (Wildman–Crippen MR) is 117 cm³/mol. The summed E-state index contributed by atoms with van der Waals surface area (Å²) < 4.78 is 29.1. The van der Waals surface area contributed by atoms with E-state index in [4.69, 9.17) is 23.7 Å². The summed E-state index contributed by atoms with van der Waals surface area (Å²) in [6, 6.07) is 0. The lowest BCUT2D eigenvalue weighted by molar-refractivity contribution is -0.221. The second-order valence-corrected chi connectivity index (χ2v) is 12.5. The van der Waals surface area contributed by atoms with Gasteiger partial charge >= 0.3 is 17.9 Å². The predicted octanol–water partition coefficient (Wildman–Crippen LogP) is 0.973. The van der Waals surface area contributed by atoms with E-state index in [1.807, 2.05) is 27.7 Å². The summed E-state index contributed by atoms with van der Waals surface area (Å²) in [5.74, 6) is -2.12. The van der Waals surface area contributed by atoms with E-state index in [1.165, 1.54) is 6.08 Å². The average Bonchev–Trinajstić information content (AvgIpc) is 3.43. The number of ketones is 1. The van der Waals surface area contributed by atoms with Crippen LogP contribution in [0.2, 0.25) is 0 Å². The Bertz CT molecular complexity index is 1170. The normalized spacial score (nSPS) is 54.1. The van der Waals surface area contributed by atoms with Crippen molar-refractivity contribution in [2.75, 3.05) is 6.61 Å². The van der Waals surface area contributed by atoms with E-state index in [-0.39, 0.29) is 48.6 Å². The number of carbonyl (C=O) groups excluding carboxylic acids is 4. The first kappa shape index (κ1) is 22.9. The molecule has 2 aliphatic carbocycles. The summed E-state index contributed by atoms with van der Waals surface area (Å²) in [5.41, 5.74) is -4.37. The third-order valence-corrected chi connectivity index (χ3v) is 11.0. The quantitative estimate of drug-likeness (QED) is 0.314. The lowest BCUT2D eigenvalue weighted by Crippen LogP contribution is -2.74. The number of aliphatic hydroxyl groups is 1. The van der Waals surface area contributed by atoms with Crippen molar-refractivity contribution in [2.24, 2.45) is 28.1 Å². The van der Waals surface area contributed by atoms with Crippen molar-refractivity contribution < 1.29 is 48.0 Å². The maximum Gasteiger partial charge on any atom is 0.340 e. The summed E-state index contributed by atoms with van der Waals surface area (Å²) in [5, 5.41) is 9.90. The second-order valence-electron chi connectivity index (χ2n) is 12.5. The number of cyclic esters (lactones) is 3. The van der Waals surface area contributed by atoms with Crippen LogP contribution in [0.25, 0.3) is 0 Å². The van der Waals surface area contributed by atoms with Gasteiger partial charge in [-0.25, -0.2) is 9.59 Å². The van der Waals surface area contributed by atoms with Crippen LogP contribution in [-0.4, -0.2) is 71.2 Å². The van der Waals surface area contributed by atoms with Crippen LogP contribution in [0.5, 0.6) is 0 Å². The fourth-order valence-electron chi connectivity index (χ4n) is 9.51. The average molecular weight is 503 g/mol. The van der Waals surface area contributed by atoms with Gasteiger partial charge in [0.15, 0.2) is 6.10 Å². The first-order valence-corrected chi connectivity index (χ1v) is 12.7. The molecule has 0 aromatic heterocycles. The van der Waals surface area contributed by atoms with Crippen molar-refractivity contribution in [2.45, 2.75) is 89.2 Å². The summed E-state index contributed by atoms with van der Waals surface area (Å²) in [7, 11) is 0. The summed E-state index contributed by atoms with van der Waals surface area (Å²) in [6.07, 6.45) is -1.12. The van der Waals surface area contributed by atoms with Gasteiger partial charge in [0.05, 0.1) is 29.1 Å². The van der Waals surface area contributed by atoms with E-state index in [2.05, 4.69) is 0 Å². The van der Waals surface area contributed by atoms with Gasteiger partial charge in [0, 0.05) is 23.2 Å². The van der Waals surface area contributed by atoms with E-state index in [0.29, 0.717) is 12.8 Å². The molecule has 10 atom stereocenters. The molecule has 36 heavy (non-hydrogen) atoms. The van der Waals surface area contributed by atoms with Crippen molar-refractivity contribution in [3.05, 3.63) is 11.6 Å². The first-order chi connectivity index (χ1) is 16.8. The second kappa shape index (κ2) is 6.39. The third-order valence-electron chi connectivity index (χ3n) is 11.0. The van der Waals surface area contributed by atoms with E-state index in [0.717, 1.165) is 0 Å². The SMILES string of the molecule is CC1(C)O[C@H]2CC(=O)OC[C@@]23[C@H]2CC[C@@]4(C)[C@H](C5=CC(O)OC5=O)OC(=O)[C@H]5O[C@@]54[C@]2(C)C(=O)C[C@@H]13. The number of rotatable bonds is 1. The van der Waals surface area contributed by atoms with Gasteiger partial charge in [0.2, 0.25) is 6.29 Å². The van der Waals surface area contributed by atoms with E-state index >= 15 is 0 Å². The zero-order valence-corrected chi connectivity index (χ0v) is 20.7. The molecular weight excluding hydrogens is 472 g/mol. The van der Waals surface area contributed by atoms with Crippen molar-refractivity contribution >= 4 is 23.7 Å². The van der Waals surface area contributed by atoms with Crippen LogP contribution in [0.15, 0.2) is 11.6 Å². The Morgan fingerprint density at radius 1 is 0.944 bits per heavy atom. The highest BCUT2D eigenvalue weighted by Gasteiger charge is 2.90. The Hall–Kier alpha value is -2.30. The van der Waals surface area contributed by atoms with Crippen LogP contribution < -0.4 is 0 Å². The maximum absolute atomic E-state index is 14.3. The number of esters is 3. The first-order valence-electron chi connectivity index (χ1n) is 12.7. The molecule has 1 unspecified atom stereocenters. The van der Waals surface area contributed by atoms with Gasteiger partial charge in [-0.05, 0) is 45.6 Å². The lowest BCUT2D eigenvalue weighted by Gasteiger charge is -2.65. The number of epoxide rings is 1. The molecule has 0 amide bonds. The minimum atomic E-state index is -1.41. The van der Waals surface area contributed by atoms with E-state index in [9.17, 15) is 24.3 Å². The molecule has 0 aromatic rings. The zero-order valence-electron chi connectivity index (χ0n) is 20.7. The van der Waals surface area contributed by atoms with Crippen LogP contribution in [0.1, 0.15) is 53.4 Å². The smallest absolute Gasteiger partial charge is 0.340 e. The molecule has 2 saturated carbocycles. The Kier molecular flexibility index (Phi) is 4.06. The van der Waals surface area contributed by atoms with Gasteiger partial charge < -0.3 is 28.8 Å². The molecule has 10 nitrogen and oxygen atoms in total. The number of ether oxygens (including phenoxy) is 5. The minimum absolute atomic E-state index is 0.0118. The van der Waals surface area contributed by atoms with Gasteiger partial charge in [-0.15, -0.1) is 0 Å². The highest BCUT2D eigenvalue weighted by atomic mass is 16.7. The highest BCUT2D eigenvalue weighted by Crippen LogP contribution is 2.78.